The Kier molecular flexibility index (Phi) is 4.06. The van der Waals surface area contributed by atoms with E-state index in [-0.39, 0.29) is 11.7 Å². The molecule has 1 fully saturated rings. The first-order chi connectivity index (χ1) is 10.5. The molecule has 0 radical (unpaired) electrons. The van der Waals surface area contributed by atoms with E-state index in [4.69, 9.17) is 0 Å². The van der Waals surface area contributed by atoms with Crippen LogP contribution < -0.4 is 5.32 Å². The van der Waals surface area contributed by atoms with Gasteiger partial charge in [-0.15, -0.1) is 0 Å². The fraction of sp³-hybridized carbons (Fsp3) is 0.400. The van der Waals surface area contributed by atoms with E-state index in [1.807, 2.05) is 25.1 Å². The largest absolute Gasteiger partial charge is 0.370 e. The Hall–Kier alpha value is -2.02. The molecule has 1 N–H and O–H groups in total. The Morgan fingerprint density at radius 2 is 2.23 bits per heavy atom. The van der Waals surface area contributed by atoms with Gasteiger partial charge in [0.25, 0.3) is 0 Å². The highest BCUT2D eigenvalue weighted by atomic mass is 32.2. The smallest absolute Gasteiger partial charge is 0.163 e. The van der Waals surface area contributed by atoms with Crippen molar-refractivity contribution in [2.75, 3.05) is 23.4 Å². The molecule has 1 aliphatic heterocycles. The van der Waals surface area contributed by atoms with Crippen molar-refractivity contribution in [3.63, 3.8) is 0 Å². The van der Waals surface area contributed by atoms with Crippen molar-refractivity contribution in [2.45, 2.75) is 13.3 Å². The summed E-state index contributed by atoms with van der Waals surface area (Å²) in [5.41, 5.74) is 1.72. The molecule has 6 nitrogen and oxygen atoms in total. The van der Waals surface area contributed by atoms with Gasteiger partial charge in [0.1, 0.15) is 5.82 Å². The third kappa shape index (κ3) is 3.59. The summed E-state index contributed by atoms with van der Waals surface area (Å²) in [6.45, 7) is 2.52. The predicted octanol–water partition coefficient (Wildman–Crippen LogP) is 1.69. The van der Waals surface area contributed by atoms with Crippen LogP contribution in [0.15, 0.2) is 30.6 Å². The number of nitrogens with zero attached hydrogens (tertiary/aromatic N) is 3. The predicted molar refractivity (Wildman–Crippen MR) is 85.3 cm³/mol. The van der Waals surface area contributed by atoms with Crippen molar-refractivity contribution in [3.05, 3.63) is 36.3 Å². The molecular formula is C15H18N4O2S. The van der Waals surface area contributed by atoms with E-state index in [9.17, 15) is 8.42 Å². The maximum Gasteiger partial charge on any atom is 0.163 e. The molecule has 1 saturated heterocycles. The van der Waals surface area contributed by atoms with E-state index in [1.165, 1.54) is 0 Å². The van der Waals surface area contributed by atoms with Gasteiger partial charge in [-0.1, -0.05) is 0 Å². The highest BCUT2D eigenvalue weighted by Gasteiger charge is 2.27. The van der Waals surface area contributed by atoms with Crippen LogP contribution in [0.2, 0.25) is 0 Å². The molecular weight excluding hydrogens is 300 g/mol. The first-order valence-corrected chi connectivity index (χ1v) is 9.04. The fourth-order valence-corrected chi connectivity index (χ4v) is 4.43. The molecule has 2 aromatic rings. The zero-order valence-electron chi connectivity index (χ0n) is 12.4. The van der Waals surface area contributed by atoms with Crippen molar-refractivity contribution in [3.8, 4) is 11.4 Å². The van der Waals surface area contributed by atoms with Crippen LogP contribution in [0.4, 0.5) is 5.82 Å². The summed E-state index contributed by atoms with van der Waals surface area (Å²) in [6, 6.07) is 5.62. The zero-order chi connectivity index (χ0) is 15.6. The minimum absolute atomic E-state index is 0.155. The van der Waals surface area contributed by atoms with Gasteiger partial charge in [0.15, 0.2) is 15.7 Å². The lowest BCUT2D eigenvalue weighted by atomic mass is 10.1. The van der Waals surface area contributed by atoms with Crippen LogP contribution in [0.1, 0.15) is 12.1 Å². The van der Waals surface area contributed by atoms with Gasteiger partial charge in [0, 0.05) is 36.3 Å². The minimum atomic E-state index is -2.84. The SMILES string of the molecule is Cc1cc(NCC2CCS(=O)(=O)C2)nc(-c2cccnc2)n1. The molecule has 2 aromatic heterocycles. The number of rotatable bonds is 4. The van der Waals surface area contributed by atoms with Crippen LogP contribution in [0.5, 0.6) is 0 Å². The third-order valence-electron chi connectivity index (χ3n) is 3.67. The molecule has 0 spiro atoms. The topological polar surface area (TPSA) is 84.8 Å². The van der Waals surface area contributed by atoms with Gasteiger partial charge in [-0.3, -0.25) is 4.98 Å². The molecule has 7 heteroatoms. The number of sulfone groups is 1. The van der Waals surface area contributed by atoms with E-state index in [1.54, 1.807) is 12.4 Å². The molecule has 0 aliphatic carbocycles. The van der Waals surface area contributed by atoms with E-state index >= 15 is 0 Å². The molecule has 1 unspecified atom stereocenters. The van der Waals surface area contributed by atoms with Crippen molar-refractivity contribution in [1.82, 2.24) is 15.0 Å². The summed E-state index contributed by atoms with van der Waals surface area (Å²) in [6.07, 6.45) is 4.15. The average molecular weight is 318 g/mol. The first-order valence-electron chi connectivity index (χ1n) is 7.22. The third-order valence-corrected chi connectivity index (χ3v) is 5.51. The number of pyridine rings is 1. The summed E-state index contributed by atoms with van der Waals surface area (Å²) >= 11 is 0. The van der Waals surface area contributed by atoms with Gasteiger partial charge in [-0.25, -0.2) is 18.4 Å². The number of hydrogen-bond acceptors (Lipinski definition) is 6. The molecule has 1 atom stereocenters. The number of hydrogen-bond donors (Lipinski definition) is 1. The van der Waals surface area contributed by atoms with Crippen LogP contribution in [-0.2, 0) is 9.84 Å². The van der Waals surface area contributed by atoms with Gasteiger partial charge in [-0.2, -0.15) is 0 Å². The van der Waals surface area contributed by atoms with Gasteiger partial charge < -0.3 is 5.32 Å². The van der Waals surface area contributed by atoms with E-state index in [0.29, 0.717) is 18.1 Å². The molecule has 3 rings (SSSR count). The van der Waals surface area contributed by atoms with Crippen LogP contribution in [-0.4, -0.2) is 41.4 Å². The standard InChI is InChI=1S/C15H18N4O2S/c1-11-7-14(17-8-12-4-6-22(20,21)10-12)19-15(18-11)13-3-2-5-16-9-13/h2-3,5,7,9,12H,4,6,8,10H2,1H3,(H,17,18,19). The van der Waals surface area contributed by atoms with Crippen molar-refractivity contribution < 1.29 is 8.42 Å². The van der Waals surface area contributed by atoms with Gasteiger partial charge in [0.2, 0.25) is 0 Å². The van der Waals surface area contributed by atoms with Crippen molar-refractivity contribution >= 4 is 15.7 Å². The van der Waals surface area contributed by atoms with E-state index in [0.717, 1.165) is 23.5 Å². The van der Waals surface area contributed by atoms with Crippen LogP contribution in [0.25, 0.3) is 11.4 Å². The second-order valence-electron chi connectivity index (χ2n) is 5.61. The normalized spacial score (nSPS) is 20.0. The van der Waals surface area contributed by atoms with Crippen LogP contribution >= 0.6 is 0 Å². The average Bonchev–Trinajstić information content (AvgIpc) is 2.85. The summed E-state index contributed by atoms with van der Waals surface area (Å²) in [7, 11) is -2.84. The monoisotopic (exact) mass is 318 g/mol. The second kappa shape index (κ2) is 6.00. The quantitative estimate of drug-likeness (QED) is 0.923. The first kappa shape index (κ1) is 14.9. The molecule has 3 heterocycles. The van der Waals surface area contributed by atoms with E-state index in [2.05, 4.69) is 20.3 Å². The Morgan fingerprint density at radius 1 is 1.36 bits per heavy atom. The number of aryl methyl sites for hydroxylation is 1. The number of anilines is 1. The molecule has 0 aromatic carbocycles. The molecule has 0 amide bonds. The summed E-state index contributed by atoms with van der Waals surface area (Å²) < 4.78 is 23.0. The van der Waals surface area contributed by atoms with Crippen LogP contribution in [0.3, 0.4) is 0 Å². The minimum Gasteiger partial charge on any atom is -0.370 e. The maximum atomic E-state index is 11.5. The van der Waals surface area contributed by atoms with Crippen molar-refractivity contribution in [2.24, 2.45) is 5.92 Å². The lowest BCUT2D eigenvalue weighted by Gasteiger charge is -2.11. The second-order valence-corrected chi connectivity index (χ2v) is 7.84. The Labute approximate surface area is 130 Å². The van der Waals surface area contributed by atoms with E-state index < -0.39 is 9.84 Å². The Morgan fingerprint density at radius 3 is 2.91 bits per heavy atom. The molecule has 1 aliphatic rings. The summed E-state index contributed by atoms with van der Waals surface area (Å²) in [5, 5.41) is 3.24. The number of aromatic nitrogens is 3. The van der Waals surface area contributed by atoms with Gasteiger partial charge in [-0.05, 0) is 31.4 Å². The molecule has 22 heavy (non-hydrogen) atoms. The molecule has 0 saturated carbocycles. The lowest BCUT2D eigenvalue weighted by Crippen LogP contribution is -2.16. The maximum absolute atomic E-state index is 11.5. The highest BCUT2D eigenvalue weighted by Crippen LogP contribution is 2.20. The van der Waals surface area contributed by atoms with Crippen molar-refractivity contribution in [1.29, 1.82) is 0 Å². The lowest BCUT2D eigenvalue weighted by molar-refractivity contribution is 0.595. The Bertz CT molecular complexity index is 762. The number of nitrogens with one attached hydrogen (secondary N) is 1. The summed E-state index contributed by atoms with van der Waals surface area (Å²) in [4.78, 5) is 13.0. The summed E-state index contributed by atoms with van der Waals surface area (Å²) in [5.74, 6) is 2.05. The zero-order valence-corrected chi connectivity index (χ0v) is 13.2. The Balaban J connectivity index is 1.73. The van der Waals surface area contributed by atoms with Gasteiger partial charge >= 0.3 is 0 Å². The molecule has 0 bridgehead atoms. The highest BCUT2D eigenvalue weighted by molar-refractivity contribution is 7.91. The van der Waals surface area contributed by atoms with Crippen LogP contribution in [0, 0.1) is 12.8 Å². The molecule has 116 valence electrons. The van der Waals surface area contributed by atoms with Gasteiger partial charge in [0.05, 0.1) is 11.5 Å². The fourth-order valence-electron chi connectivity index (χ4n) is 2.57.